The van der Waals surface area contributed by atoms with Crippen molar-refractivity contribution in [1.29, 1.82) is 0 Å². The van der Waals surface area contributed by atoms with Crippen LogP contribution in [0.2, 0.25) is 0 Å². The van der Waals surface area contributed by atoms with Gasteiger partial charge in [-0.25, -0.2) is 22.2 Å². The number of amides is 1. The third kappa shape index (κ3) is 6.90. The van der Waals surface area contributed by atoms with Crippen molar-refractivity contribution in [2.45, 2.75) is 13.5 Å². The molecular weight excluding hydrogens is 572 g/mol. The fourth-order valence-corrected chi connectivity index (χ4v) is 6.44. The van der Waals surface area contributed by atoms with Gasteiger partial charge in [-0.15, -0.1) is 0 Å². The molecule has 0 unspecified atom stereocenters. The molecule has 0 aliphatic carbocycles. The molecule has 1 aromatic heterocycles. The van der Waals surface area contributed by atoms with Gasteiger partial charge in [0.15, 0.2) is 9.84 Å². The summed E-state index contributed by atoms with van der Waals surface area (Å²) in [6, 6.07) is 13.4. The van der Waals surface area contributed by atoms with E-state index in [-0.39, 0.29) is 42.6 Å². The molecule has 0 saturated carbocycles. The Kier molecular flexibility index (Phi) is 8.86. The number of halogens is 2. The van der Waals surface area contributed by atoms with Gasteiger partial charge >= 0.3 is 0 Å². The number of hydrogen-bond acceptors (Lipinski definition) is 7. The molecule has 5 rings (SSSR count). The van der Waals surface area contributed by atoms with Gasteiger partial charge in [0.1, 0.15) is 11.6 Å². The van der Waals surface area contributed by atoms with Gasteiger partial charge in [0.25, 0.3) is 5.91 Å². The summed E-state index contributed by atoms with van der Waals surface area (Å²) in [5.41, 5.74) is 4.60. The average Bonchev–Trinajstić information content (AvgIpc) is 2.97. The first kappa shape index (κ1) is 30.7. The quantitative estimate of drug-likeness (QED) is 0.293. The first-order valence-electron chi connectivity index (χ1n) is 14.1. The average molecular weight is 608 g/mol. The summed E-state index contributed by atoms with van der Waals surface area (Å²) in [5.74, 6) is -1.49. The zero-order valence-electron chi connectivity index (χ0n) is 24.8. The van der Waals surface area contributed by atoms with Crippen molar-refractivity contribution in [3.63, 3.8) is 0 Å². The van der Waals surface area contributed by atoms with Crippen LogP contribution in [0.15, 0.2) is 54.7 Å². The minimum absolute atomic E-state index is 0.00372. The summed E-state index contributed by atoms with van der Waals surface area (Å²) in [4.78, 5) is 27.9. The fraction of sp³-hybridized carbons (Fsp3) is 0.344. The molecule has 8 nitrogen and oxygen atoms in total. The van der Waals surface area contributed by atoms with Crippen LogP contribution in [0.3, 0.4) is 0 Å². The largest absolute Gasteiger partial charge is 0.340 e. The minimum Gasteiger partial charge on any atom is -0.340 e. The van der Waals surface area contributed by atoms with E-state index >= 15 is 8.78 Å². The highest BCUT2D eigenvalue weighted by atomic mass is 32.2. The highest BCUT2D eigenvalue weighted by molar-refractivity contribution is 7.91. The van der Waals surface area contributed by atoms with Crippen LogP contribution in [0.25, 0.3) is 33.4 Å². The number of carbonyl (C=O) groups is 1. The number of fused-ring (bicyclic) bond motifs is 1. The van der Waals surface area contributed by atoms with Crippen molar-refractivity contribution in [2.75, 3.05) is 58.8 Å². The van der Waals surface area contributed by atoms with Gasteiger partial charge in [0, 0.05) is 62.0 Å². The van der Waals surface area contributed by atoms with Crippen LogP contribution in [0.1, 0.15) is 21.5 Å². The van der Waals surface area contributed by atoms with E-state index in [0.717, 1.165) is 17.7 Å². The Morgan fingerprint density at radius 3 is 2.30 bits per heavy atom. The van der Waals surface area contributed by atoms with E-state index in [1.165, 1.54) is 12.1 Å². The monoisotopic (exact) mass is 607 g/mol. The molecule has 1 saturated heterocycles. The van der Waals surface area contributed by atoms with E-state index < -0.39 is 21.5 Å². The van der Waals surface area contributed by atoms with Crippen molar-refractivity contribution in [1.82, 2.24) is 24.7 Å². The Bertz CT molecular complexity index is 1760. The first-order valence-corrected chi connectivity index (χ1v) is 15.9. The lowest BCUT2D eigenvalue weighted by Gasteiger charge is -2.26. The Hall–Kier alpha value is -3.80. The Morgan fingerprint density at radius 2 is 1.65 bits per heavy atom. The van der Waals surface area contributed by atoms with Gasteiger partial charge in [0.2, 0.25) is 0 Å². The highest BCUT2D eigenvalue weighted by Crippen LogP contribution is 2.32. The predicted molar refractivity (Wildman–Crippen MR) is 165 cm³/mol. The molecule has 1 aliphatic rings. The normalized spacial score (nSPS) is 15.2. The molecule has 0 atom stereocenters. The second kappa shape index (κ2) is 12.4. The number of aryl methyl sites for hydroxylation is 1. The van der Waals surface area contributed by atoms with Crippen molar-refractivity contribution < 1.29 is 22.0 Å². The molecule has 3 aromatic carbocycles. The van der Waals surface area contributed by atoms with Crippen LogP contribution in [0, 0.1) is 18.6 Å². The molecule has 11 heteroatoms. The van der Waals surface area contributed by atoms with Crippen LogP contribution >= 0.6 is 0 Å². The molecule has 226 valence electrons. The van der Waals surface area contributed by atoms with Crippen molar-refractivity contribution in [3.8, 4) is 22.4 Å². The van der Waals surface area contributed by atoms with Crippen LogP contribution < -0.4 is 0 Å². The summed E-state index contributed by atoms with van der Waals surface area (Å²) >= 11 is 0. The lowest BCUT2D eigenvalue weighted by atomic mass is 10.00. The van der Waals surface area contributed by atoms with Gasteiger partial charge in [0.05, 0.1) is 34.4 Å². The predicted octanol–water partition coefficient (Wildman–Crippen LogP) is 4.41. The molecule has 1 amide bonds. The van der Waals surface area contributed by atoms with E-state index in [9.17, 15) is 13.2 Å². The maximum absolute atomic E-state index is 15.3. The molecule has 0 bridgehead atoms. The molecular formula is C32H35F2N5O3S. The molecule has 0 radical (unpaired) electrons. The second-order valence-electron chi connectivity index (χ2n) is 11.3. The first-order chi connectivity index (χ1) is 20.4. The number of para-hydroxylation sites is 1. The van der Waals surface area contributed by atoms with E-state index in [2.05, 4.69) is 4.98 Å². The third-order valence-corrected chi connectivity index (χ3v) is 9.43. The lowest BCUT2D eigenvalue weighted by molar-refractivity contribution is 0.0785. The smallest absolute Gasteiger partial charge is 0.253 e. The molecule has 4 aromatic rings. The van der Waals surface area contributed by atoms with Crippen molar-refractivity contribution >= 4 is 26.8 Å². The fourth-order valence-electron chi connectivity index (χ4n) is 5.17. The number of rotatable bonds is 8. The molecule has 0 spiro atoms. The Labute approximate surface area is 250 Å². The molecule has 2 heterocycles. The molecule has 1 aliphatic heterocycles. The minimum atomic E-state index is -3.09. The van der Waals surface area contributed by atoms with Crippen LogP contribution in [-0.4, -0.2) is 97.8 Å². The van der Waals surface area contributed by atoms with Gasteiger partial charge in [-0.05, 0) is 62.5 Å². The Balaban J connectivity index is 1.43. The number of hydrogen-bond donors (Lipinski definition) is 0. The zero-order chi connectivity index (χ0) is 30.9. The number of benzene rings is 3. The zero-order valence-corrected chi connectivity index (χ0v) is 25.6. The highest BCUT2D eigenvalue weighted by Gasteiger charge is 2.24. The number of aromatic nitrogens is 2. The van der Waals surface area contributed by atoms with Gasteiger partial charge in [-0.2, -0.15) is 0 Å². The number of nitrogens with zero attached hydrogens (tertiary/aromatic N) is 5. The van der Waals surface area contributed by atoms with E-state index in [1.54, 1.807) is 47.3 Å². The van der Waals surface area contributed by atoms with E-state index in [4.69, 9.17) is 4.98 Å². The summed E-state index contributed by atoms with van der Waals surface area (Å²) in [6.07, 6.45) is 1.65. The summed E-state index contributed by atoms with van der Waals surface area (Å²) in [6.45, 7) is 3.73. The summed E-state index contributed by atoms with van der Waals surface area (Å²) in [5, 5.41) is 0. The maximum atomic E-state index is 15.3. The summed E-state index contributed by atoms with van der Waals surface area (Å²) in [7, 11) is 2.62. The molecule has 43 heavy (non-hydrogen) atoms. The SMILES string of the molecule is Cc1cc(-c2cnc3cccc(-c4cc(F)c(CN5CCS(=O)(=O)CC5)c(F)c4)c3n2)ccc1C(=O)N(C)CCN(C)C. The van der Waals surface area contributed by atoms with Crippen LogP contribution in [0.4, 0.5) is 8.78 Å². The Morgan fingerprint density at radius 1 is 0.953 bits per heavy atom. The number of sulfone groups is 1. The molecule has 0 N–H and O–H groups in total. The maximum Gasteiger partial charge on any atom is 0.253 e. The molecule has 1 fully saturated rings. The third-order valence-electron chi connectivity index (χ3n) is 7.83. The van der Waals surface area contributed by atoms with Gasteiger partial charge in [-0.1, -0.05) is 18.2 Å². The summed E-state index contributed by atoms with van der Waals surface area (Å²) < 4.78 is 54.0. The second-order valence-corrected chi connectivity index (χ2v) is 13.6. The van der Waals surface area contributed by atoms with E-state index in [1.807, 2.05) is 38.1 Å². The van der Waals surface area contributed by atoms with Crippen molar-refractivity contribution in [3.05, 3.63) is 83.1 Å². The van der Waals surface area contributed by atoms with E-state index in [0.29, 0.717) is 40.0 Å². The lowest BCUT2D eigenvalue weighted by Crippen LogP contribution is -2.40. The number of likely N-dealkylation sites (N-methyl/N-ethyl adjacent to an activating group) is 2. The number of carbonyl (C=O) groups excluding carboxylic acids is 1. The van der Waals surface area contributed by atoms with Crippen LogP contribution in [0.5, 0.6) is 0 Å². The topological polar surface area (TPSA) is 86.7 Å². The van der Waals surface area contributed by atoms with Crippen molar-refractivity contribution in [2.24, 2.45) is 0 Å². The van der Waals surface area contributed by atoms with Gasteiger partial charge < -0.3 is 9.80 Å². The standard InChI is InChI=1S/C32H35F2N5O3S/c1-21-16-22(8-9-24(21)32(40)38(4)11-10-37(2)3)30-19-35-29-7-5-6-25(31(29)36-30)23-17-27(33)26(28(34)18-23)20-39-12-14-43(41,42)15-13-39/h5-9,16-19H,10-15,20H2,1-4H3. The van der Waals surface area contributed by atoms with Crippen LogP contribution in [-0.2, 0) is 16.4 Å². The van der Waals surface area contributed by atoms with Gasteiger partial charge in [-0.3, -0.25) is 14.7 Å².